The number of hydrazone groups is 1. The molecule has 0 radical (unpaired) electrons. The van der Waals surface area contributed by atoms with Crippen LogP contribution in [-0.2, 0) is 0 Å². The van der Waals surface area contributed by atoms with Gasteiger partial charge in [-0.2, -0.15) is 5.10 Å². The van der Waals surface area contributed by atoms with Gasteiger partial charge in [-0.05, 0) is 45.8 Å². The number of fused-ring (bicyclic) bond motifs is 2. The molecular formula is C22H15ClN2O. The van der Waals surface area contributed by atoms with E-state index in [1.54, 1.807) is 30.5 Å². The van der Waals surface area contributed by atoms with Gasteiger partial charge in [0.15, 0.2) is 0 Å². The lowest BCUT2D eigenvalue weighted by Gasteiger charge is -2.08. The topological polar surface area (TPSA) is 41.5 Å². The highest BCUT2D eigenvalue weighted by Gasteiger charge is 2.07. The standard InChI is InChI=1S/C22H15ClN2O/c23-18-9-5-8-17(13-18)22(26)25-24-14-21-19-10-3-1-6-15(19)12-16-7-2-4-11-20(16)21/h1-14H,(H,25,26). The summed E-state index contributed by atoms with van der Waals surface area (Å²) in [4.78, 5) is 12.2. The Morgan fingerprint density at radius 3 is 2.15 bits per heavy atom. The molecule has 4 aromatic carbocycles. The summed E-state index contributed by atoms with van der Waals surface area (Å²) in [6.07, 6.45) is 1.70. The van der Waals surface area contributed by atoms with E-state index in [1.165, 1.54) is 0 Å². The van der Waals surface area contributed by atoms with Crippen molar-refractivity contribution in [1.82, 2.24) is 5.43 Å². The maximum atomic E-state index is 12.2. The Morgan fingerprint density at radius 1 is 0.846 bits per heavy atom. The van der Waals surface area contributed by atoms with E-state index in [0.717, 1.165) is 27.1 Å². The SMILES string of the molecule is O=C(NN=Cc1c2ccccc2cc2ccccc12)c1cccc(Cl)c1. The van der Waals surface area contributed by atoms with Crippen LogP contribution >= 0.6 is 11.6 Å². The Balaban J connectivity index is 1.71. The average molecular weight is 359 g/mol. The van der Waals surface area contributed by atoms with Crippen LogP contribution in [0, 0.1) is 0 Å². The smallest absolute Gasteiger partial charge is 0.267 e. The van der Waals surface area contributed by atoms with Gasteiger partial charge in [-0.25, -0.2) is 5.43 Å². The van der Waals surface area contributed by atoms with E-state index in [9.17, 15) is 4.79 Å². The maximum absolute atomic E-state index is 12.2. The molecule has 126 valence electrons. The van der Waals surface area contributed by atoms with Crippen molar-refractivity contribution in [2.24, 2.45) is 5.10 Å². The van der Waals surface area contributed by atoms with Gasteiger partial charge in [0.05, 0.1) is 6.21 Å². The van der Waals surface area contributed by atoms with Crippen LogP contribution in [0.3, 0.4) is 0 Å². The first-order valence-corrected chi connectivity index (χ1v) is 8.59. The van der Waals surface area contributed by atoms with E-state index >= 15 is 0 Å². The van der Waals surface area contributed by atoms with Gasteiger partial charge >= 0.3 is 0 Å². The molecule has 0 fully saturated rings. The van der Waals surface area contributed by atoms with Crippen LogP contribution in [0.1, 0.15) is 15.9 Å². The summed E-state index contributed by atoms with van der Waals surface area (Å²) in [6, 6.07) is 25.2. The number of hydrogen-bond acceptors (Lipinski definition) is 2. The van der Waals surface area contributed by atoms with Crippen molar-refractivity contribution >= 4 is 45.3 Å². The van der Waals surface area contributed by atoms with Crippen molar-refractivity contribution in [2.45, 2.75) is 0 Å². The number of amides is 1. The molecule has 0 aromatic heterocycles. The fourth-order valence-corrected chi connectivity index (χ4v) is 3.23. The molecule has 26 heavy (non-hydrogen) atoms. The van der Waals surface area contributed by atoms with E-state index in [0.29, 0.717) is 10.6 Å². The molecule has 4 rings (SSSR count). The Morgan fingerprint density at radius 2 is 1.50 bits per heavy atom. The minimum atomic E-state index is -0.298. The molecule has 0 heterocycles. The van der Waals surface area contributed by atoms with Crippen LogP contribution in [0.2, 0.25) is 5.02 Å². The minimum Gasteiger partial charge on any atom is -0.267 e. The Labute approximate surface area is 155 Å². The molecule has 0 aliphatic rings. The van der Waals surface area contributed by atoms with Crippen LogP contribution in [0.25, 0.3) is 21.5 Å². The third-order valence-corrected chi connectivity index (χ3v) is 4.49. The number of nitrogens with zero attached hydrogens (tertiary/aromatic N) is 1. The number of halogens is 1. The third kappa shape index (κ3) is 3.17. The van der Waals surface area contributed by atoms with Crippen molar-refractivity contribution in [3.8, 4) is 0 Å². The molecule has 0 bridgehead atoms. The summed E-state index contributed by atoms with van der Waals surface area (Å²) in [5.41, 5.74) is 4.02. The van der Waals surface area contributed by atoms with E-state index < -0.39 is 0 Å². The molecule has 0 saturated carbocycles. The Hall–Kier alpha value is -3.17. The highest BCUT2D eigenvalue weighted by Crippen LogP contribution is 2.27. The predicted octanol–water partition coefficient (Wildman–Crippen LogP) is 5.41. The molecule has 0 saturated heterocycles. The highest BCUT2D eigenvalue weighted by atomic mass is 35.5. The Bertz CT molecular complexity index is 1100. The minimum absolute atomic E-state index is 0.298. The summed E-state index contributed by atoms with van der Waals surface area (Å²) in [6.45, 7) is 0. The lowest BCUT2D eigenvalue weighted by atomic mass is 9.97. The summed E-state index contributed by atoms with van der Waals surface area (Å²) in [5.74, 6) is -0.298. The zero-order chi connectivity index (χ0) is 17.9. The van der Waals surface area contributed by atoms with Crippen LogP contribution in [-0.4, -0.2) is 12.1 Å². The average Bonchev–Trinajstić information content (AvgIpc) is 2.67. The molecule has 1 N–H and O–H groups in total. The van der Waals surface area contributed by atoms with Gasteiger partial charge in [-0.1, -0.05) is 66.2 Å². The van der Waals surface area contributed by atoms with Crippen molar-refractivity contribution in [3.63, 3.8) is 0 Å². The summed E-state index contributed by atoms with van der Waals surface area (Å²) < 4.78 is 0. The number of carbonyl (C=O) groups is 1. The first kappa shape index (κ1) is 16.3. The molecule has 0 aliphatic carbocycles. The van der Waals surface area contributed by atoms with Gasteiger partial charge in [-0.15, -0.1) is 0 Å². The molecule has 0 aliphatic heterocycles. The fourth-order valence-electron chi connectivity index (χ4n) is 3.04. The van der Waals surface area contributed by atoms with Gasteiger partial charge in [0.25, 0.3) is 5.91 Å². The maximum Gasteiger partial charge on any atom is 0.271 e. The highest BCUT2D eigenvalue weighted by molar-refractivity contribution is 6.31. The van der Waals surface area contributed by atoms with Gasteiger partial charge in [0.1, 0.15) is 0 Å². The van der Waals surface area contributed by atoms with Gasteiger partial charge in [0, 0.05) is 16.1 Å². The largest absolute Gasteiger partial charge is 0.271 e. The van der Waals surface area contributed by atoms with Crippen molar-refractivity contribution < 1.29 is 4.79 Å². The van der Waals surface area contributed by atoms with Crippen molar-refractivity contribution in [3.05, 3.63) is 95.0 Å². The van der Waals surface area contributed by atoms with E-state index in [-0.39, 0.29) is 5.91 Å². The zero-order valence-corrected chi connectivity index (χ0v) is 14.6. The van der Waals surface area contributed by atoms with Gasteiger partial charge < -0.3 is 0 Å². The van der Waals surface area contributed by atoms with E-state index in [1.807, 2.05) is 24.3 Å². The molecule has 0 unspecified atom stereocenters. The van der Waals surface area contributed by atoms with E-state index in [2.05, 4.69) is 40.9 Å². The first-order valence-electron chi connectivity index (χ1n) is 8.22. The third-order valence-electron chi connectivity index (χ3n) is 4.26. The monoisotopic (exact) mass is 358 g/mol. The lowest BCUT2D eigenvalue weighted by molar-refractivity contribution is 0.0955. The summed E-state index contributed by atoms with van der Waals surface area (Å²) in [7, 11) is 0. The van der Waals surface area contributed by atoms with E-state index in [4.69, 9.17) is 11.6 Å². The number of carbonyl (C=O) groups excluding carboxylic acids is 1. The van der Waals surface area contributed by atoms with Gasteiger partial charge in [0.2, 0.25) is 0 Å². The van der Waals surface area contributed by atoms with Crippen LogP contribution < -0.4 is 5.43 Å². The number of nitrogens with one attached hydrogen (secondary N) is 1. The molecule has 4 heteroatoms. The zero-order valence-electron chi connectivity index (χ0n) is 13.8. The lowest BCUT2D eigenvalue weighted by Crippen LogP contribution is -2.17. The molecule has 1 amide bonds. The van der Waals surface area contributed by atoms with Crippen LogP contribution in [0.5, 0.6) is 0 Å². The number of rotatable bonds is 3. The second-order valence-corrected chi connectivity index (χ2v) is 6.38. The van der Waals surface area contributed by atoms with Crippen molar-refractivity contribution in [2.75, 3.05) is 0 Å². The summed E-state index contributed by atoms with van der Waals surface area (Å²) >= 11 is 5.93. The normalized spacial score (nSPS) is 11.3. The number of hydrogen-bond donors (Lipinski definition) is 1. The van der Waals surface area contributed by atoms with Crippen molar-refractivity contribution in [1.29, 1.82) is 0 Å². The molecule has 3 nitrogen and oxygen atoms in total. The first-order chi connectivity index (χ1) is 12.7. The Kier molecular flexibility index (Phi) is 4.38. The summed E-state index contributed by atoms with van der Waals surface area (Å²) in [5, 5.41) is 9.14. The van der Waals surface area contributed by atoms with Crippen LogP contribution in [0.4, 0.5) is 0 Å². The van der Waals surface area contributed by atoms with Crippen LogP contribution in [0.15, 0.2) is 84.0 Å². The molecular weight excluding hydrogens is 344 g/mol. The second kappa shape index (κ2) is 6.98. The second-order valence-electron chi connectivity index (χ2n) is 5.94. The quantitative estimate of drug-likeness (QED) is 0.297. The van der Waals surface area contributed by atoms with Gasteiger partial charge in [-0.3, -0.25) is 4.79 Å². The molecule has 0 spiro atoms. The molecule has 0 atom stereocenters. The fraction of sp³-hybridized carbons (Fsp3) is 0. The number of benzene rings is 4. The predicted molar refractivity (Wildman–Crippen MR) is 108 cm³/mol. The molecule has 4 aromatic rings.